The van der Waals surface area contributed by atoms with Crippen LogP contribution in [-0.2, 0) is 12.8 Å². The molecule has 0 spiro atoms. The summed E-state index contributed by atoms with van der Waals surface area (Å²) >= 11 is 1.67. The van der Waals surface area contributed by atoms with Gasteiger partial charge in [-0.2, -0.15) is 0 Å². The highest BCUT2D eigenvalue weighted by atomic mass is 32.1. The SMILES string of the molecule is CCc1nc2ccc(N3CC(N)C3)cn2c1C(C)CCc1nc(-c2ccc(F)cc2)cs1. The van der Waals surface area contributed by atoms with Crippen LogP contribution >= 0.6 is 11.3 Å². The molecule has 0 saturated carbocycles. The molecule has 0 bridgehead atoms. The Balaban J connectivity index is 1.34. The van der Waals surface area contributed by atoms with Gasteiger partial charge in [0.25, 0.3) is 0 Å². The monoisotopic (exact) mass is 449 g/mol. The van der Waals surface area contributed by atoms with E-state index in [0.29, 0.717) is 5.92 Å². The molecule has 4 aromatic rings. The molecule has 1 saturated heterocycles. The molecule has 166 valence electrons. The van der Waals surface area contributed by atoms with Crippen LogP contribution in [0.2, 0.25) is 0 Å². The Hall–Kier alpha value is -2.77. The summed E-state index contributed by atoms with van der Waals surface area (Å²) in [5.74, 6) is 0.130. The smallest absolute Gasteiger partial charge is 0.137 e. The molecule has 1 atom stereocenters. The van der Waals surface area contributed by atoms with E-state index < -0.39 is 0 Å². The van der Waals surface area contributed by atoms with Gasteiger partial charge in [-0.3, -0.25) is 0 Å². The third kappa shape index (κ3) is 4.02. The minimum Gasteiger partial charge on any atom is -0.367 e. The zero-order chi connectivity index (χ0) is 22.2. The maximum Gasteiger partial charge on any atom is 0.137 e. The molecule has 32 heavy (non-hydrogen) atoms. The molecular weight excluding hydrogens is 421 g/mol. The summed E-state index contributed by atoms with van der Waals surface area (Å²) in [6.07, 6.45) is 5.03. The second kappa shape index (κ2) is 8.64. The molecule has 1 aromatic carbocycles. The van der Waals surface area contributed by atoms with Crippen LogP contribution < -0.4 is 10.6 Å². The average molecular weight is 450 g/mol. The van der Waals surface area contributed by atoms with Crippen LogP contribution in [0.15, 0.2) is 48.0 Å². The summed E-state index contributed by atoms with van der Waals surface area (Å²) in [6.45, 7) is 6.27. The number of fused-ring (bicyclic) bond motifs is 1. The molecule has 1 aliphatic heterocycles. The fourth-order valence-corrected chi connectivity index (χ4v) is 5.27. The molecule has 1 fully saturated rings. The summed E-state index contributed by atoms with van der Waals surface area (Å²) in [6, 6.07) is 11.1. The van der Waals surface area contributed by atoms with Crippen molar-refractivity contribution in [3.63, 3.8) is 0 Å². The molecule has 0 amide bonds. The first-order valence-corrected chi connectivity index (χ1v) is 12.1. The van der Waals surface area contributed by atoms with E-state index in [-0.39, 0.29) is 11.9 Å². The topological polar surface area (TPSA) is 59.5 Å². The second-order valence-electron chi connectivity index (χ2n) is 8.65. The van der Waals surface area contributed by atoms with Crippen molar-refractivity contribution in [3.05, 3.63) is 70.2 Å². The van der Waals surface area contributed by atoms with Crippen molar-refractivity contribution in [1.29, 1.82) is 0 Å². The predicted octanol–water partition coefficient (Wildman–Crippen LogP) is 5.04. The molecule has 1 aliphatic rings. The molecular formula is C25H28FN5S. The molecule has 3 aromatic heterocycles. The van der Waals surface area contributed by atoms with Gasteiger partial charge < -0.3 is 15.0 Å². The van der Waals surface area contributed by atoms with Gasteiger partial charge in [0.05, 0.1) is 22.1 Å². The highest BCUT2D eigenvalue weighted by Crippen LogP contribution is 2.30. The van der Waals surface area contributed by atoms with Crippen LogP contribution in [0.5, 0.6) is 0 Å². The lowest BCUT2D eigenvalue weighted by atomic mass is 9.99. The zero-order valence-electron chi connectivity index (χ0n) is 18.5. The lowest BCUT2D eigenvalue weighted by molar-refractivity contribution is 0.518. The van der Waals surface area contributed by atoms with Crippen LogP contribution in [0.4, 0.5) is 10.1 Å². The van der Waals surface area contributed by atoms with E-state index in [2.05, 4.69) is 46.9 Å². The van der Waals surface area contributed by atoms with Crippen molar-refractivity contribution < 1.29 is 4.39 Å². The van der Waals surface area contributed by atoms with E-state index in [1.165, 1.54) is 29.2 Å². The Bertz CT molecular complexity index is 1220. The molecule has 7 heteroatoms. The number of rotatable bonds is 7. The van der Waals surface area contributed by atoms with Crippen LogP contribution in [0.3, 0.4) is 0 Å². The van der Waals surface area contributed by atoms with Gasteiger partial charge in [0.15, 0.2) is 0 Å². The van der Waals surface area contributed by atoms with E-state index in [1.54, 1.807) is 23.5 Å². The van der Waals surface area contributed by atoms with Gasteiger partial charge in [0.2, 0.25) is 0 Å². The number of pyridine rings is 1. The van der Waals surface area contributed by atoms with Crippen LogP contribution in [-0.4, -0.2) is 33.5 Å². The van der Waals surface area contributed by atoms with Crippen LogP contribution in [0.1, 0.15) is 42.6 Å². The largest absolute Gasteiger partial charge is 0.367 e. The number of aryl methyl sites for hydroxylation is 2. The highest BCUT2D eigenvalue weighted by molar-refractivity contribution is 7.09. The van der Waals surface area contributed by atoms with Crippen molar-refractivity contribution in [2.75, 3.05) is 18.0 Å². The molecule has 5 rings (SSSR count). The predicted molar refractivity (Wildman–Crippen MR) is 129 cm³/mol. The average Bonchev–Trinajstić information content (AvgIpc) is 3.40. The van der Waals surface area contributed by atoms with Crippen molar-refractivity contribution in [3.8, 4) is 11.3 Å². The summed E-state index contributed by atoms with van der Waals surface area (Å²) in [7, 11) is 0. The number of hydrogen-bond donors (Lipinski definition) is 1. The maximum absolute atomic E-state index is 13.2. The number of benzene rings is 1. The Morgan fingerprint density at radius 2 is 1.94 bits per heavy atom. The summed E-state index contributed by atoms with van der Waals surface area (Å²) in [5.41, 5.74) is 12.5. The first-order chi connectivity index (χ1) is 15.5. The van der Waals surface area contributed by atoms with Gasteiger partial charge in [-0.15, -0.1) is 11.3 Å². The molecule has 0 radical (unpaired) electrons. The Labute approximate surface area is 191 Å². The minimum atomic E-state index is -0.224. The lowest BCUT2D eigenvalue weighted by Crippen LogP contribution is -2.55. The van der Waals surface area contributed by atoms with Crippen LogP contribution in [0.25, 0.3) is 16.9 Å². The standard InChI is InChI=1S/C25H28FN5S/c1-3-21-25(31-14-20(9-10-23(31)28-21)30-12-19(27)13-30)16(2)4-11-24-29-22(15-32-24)17-5-7-18(26)8-6-17/h5-10,14-16,19H,3-4,11-13,27H2,1-2H3. The van der Waals surface area contributed by atoms with Gasteiger partial charge in [-0.25, -0.2) is 14.4 Å². The van der Waals surface area contributed by atoms with E-state index >= 15 is 0 Å². The number of nitrogens with zero attached hydrogens (tertiary/aromatic N) is 4. The lowest BCUT2D eigenvalue weighted by Gasteiger charge is -2.38. The van der Waals surface area contributed by atoms with E-state index in [1.807, 2.05) is 0 Å². The van der Waals surface area contributed by atoms with Crippen molar-refractivity contribution in [2.45, 2.75) is 45.1 Å². The molecule has 0 aliphatic carbocycles. The Morgan fingerprint density at radius 1 is 1.16 bits per heavy atom. The Morgan fingerprint density at radius 3 is 2.66 bits per heavy atom. The minimum absolute atomic E-state index is 0.224. The summed E-state index contributed by atoms with van der Waals surface area (Å²) in [4.78, 5) is 12.0. The molecule has 4 heterocycles. The van der Waals surface area contributed by atoms with Gasteiger partial charge in [-0.1, -0.05) is 13.8 Å². The van der Waals surface area contributed by atoms with Crippen molar-refractivity contribution in [1.82, 2.24) is 14.4 Å². The molecule has 5 nitrogen and oxygen atoms in total. The number of nitrogens with two attached hydrogens (primary N) is 1. The summed E-state index contributed by atoms with van der Waals surface area (Å²) in [5, 5.41) is 3.17. The summed E-state index contributed by atoms with van der Waals surface area (Å²) < 4.78 is 15.5. The van der Waals surface area contributed by atoms with E-state index in [0.717, 1.165) is 54.3 Å². The fraction of sp³-hybridized carbons (Fsp3) is 0.360. The third-order valence-corrected chi connectivity index (χ3v) is 7.18. The fourth-order valence-electron chi connectivity index (χ4n) is 4.45. The first-order valence-electron chi connectivity index (χ1n) is 11.2. The maximum atomic E-state index is 13.2. The van der Waals surface area contributed by atoms with E-state index in [9.17, 15) is 4.39 Å². The van der Waals surface area contributed by atoms with Gasteiger partial charge in [-0.05, 0) is 61.6 Å². The number of aromatic nitrogens is 3. The van der Waals surface area contributed by atoms with Crippen molar-refractivity contribution in [2.24, 2.45) is 5.73 Å². The van der Waals surface area contributed by atoms with Crippen molar-refractivity contribution >= 4 is 22.7 Å². The quantitative estimate of drug-likeness (QED) is 0.429. The number of imidazole rings is 1. The second-order valence-corrected chi connectivity index (χ2v) is 9.59. The highest BCUT2D eigenvalue weighted by Gasteiger charge is 2.24. The molecule has 2 N–H and O–H groups in total. The number of hydrogen-bond acceptors (Lipinski definition) is 5. The number of anilines is 1. The van der Waals surface area contributed by atoms with Gasteiger partial charge in [0, 0.05) is 42.0 Å². The molecule has 1 unspecified atom stereocenters. The zero-order valence-corrected chi connectivity index (χ0v) is 19.3. The van der Waals surface area contributed by atoms with Gasteiger partial charge in [0.1, 0.15) is 11.5 Å². The number of thiazole rings is 1. The van der Waals surface area contributed by atoms with Gasteiger partial charge >= 0.3 is 0 Å². The number of halogens is 1. The third-order valence-electron chi connectivity index (χ3n) is 6.28. The normalized spacial score (nSPS) is 15.3. The van der Waals surface area contributed by atoms with Crippen LogP contribution in [0, 0.1) is 5.82 Å². The van der Waals surface area contributed by atoms with E-state index in [4.69, 9.17) is 15.7 Å². The Kier molecular flexibility index (Phi) is 5.69. The first kappa shape index (κ1) is 21.1.